The summed E-state index contributed by atoms with van der Waals surface area (Å²) in [6.45, 7) is 3.82. The summed E-state index contributed by atoms with van der Waals surface area (Å²) < 4.78 is 0. The number of rotatable bonds is 3. The van der Waals surface area contributed by atoms with E-state index in [2.05, 4.69) is 15.6 Å². The molecule has 2 amide bonds. The zero-order valence-corrected chi connectivity index (χ0v) is 12.1. The van der Waals surface area contributed by atoms with Crippen molar-refractivity contribution in [1.82, 2.24) is 10.3 Å². The van der Waals surface area contributed by atoms with E-state index in [0.717, 1.165) is 11.3 Å². The number of carbonyl (C=O) groups is 1. The van der Waals surface area contributed by atoms with Crippen molar-refractivity contribution in [2.45, 2.75) is 19.9 Å². The number of nitrogens with zero attached hydrogens (tertiary/aromatic N) is 1. The van der Waals surface area contributed by atoms with Gasteiger partial charge >= 0.3 is 6.03 Å². The van der Waals surface area contributed by atoms with Crippen LogP contribution in [0.1, 0.15) is 24.2 Å². The van der Waals surface area contributed by atoms with Gasteiger partial charge in [-0.2, -0.15) is 0 Å². The van der Waals surface area contributed by atoms with E-state index in [4.69, 9.17) is 11.6 Å². The number of anilines is 1. The van der Waals surface area contributed by atoms with E-state index in [1.807, 2.05) is 38.1 Å². The molecule has 2 rings (SSSR count). The largest absolute Gasteiger partial charge is 0.330 e. The molecule has 0 radical (unpaired) electrons. The summed E-state index contributed by atoms with van der Waals surface area (Å²) in [5.74, 6) is 0. The second-order valence-corrected chi connectivity index (χ2v) is 4.97. The van der Waals surface area contributed by atoms with Crippen molar-refractivity contribution in [2.24, 2.45) is 0 Å². The van der Waals surface area contributed by atoms with Crippen LogP contribution in [0.25, 0.3) is 0 Å². The van der Waals surface area contributed by atoms with Crippen LogP contribution in [-0.4, -0.2) is 11.0 Å². The van der Waals surface area contributed by atoms with Gasteiger partial charge in [-0.3, -0.25) is 4.98 Å². The molecular weight excluding hydrogens is 274 g/mol. The zero-order valence-electron chi connectivity index (χ0n) is 11.4. The molecule has 1 aromatic carbocycles. The first kappa shape index (κ1) is 14.3. The number of carbonyl (C=O) groups excluding carboxylic acids is 1. The van der Waals surface area contributed by atoms with Crippen molar-refractivity contribution < 1.29 is 4.79 Å². The summed E-state index contributed by atoms with van der Waals surface area (Å²) in [5, 5.41) is 6.06. The minimum Gasteiger partial charge on any atom is -0.330 e. The number of amides is 2. The van der Waals surface area contributed by atoms with Gasteiger partial charge in [-0.25, -0.2) is 4.79 Å². The molecule has 104 valence electrons. The maximum absolute atomic E-state index is 11.9. The van der Waals surface area contributed by atoms with E-state index in [9.17, 15) is 4.79 Å². The Morgan fingerprint density at radius 1 is 1.30 bits per heavy atom. The predicted molar refractivity (Wildman–Crippen MR) is 81.0 cm³/mol. The third kappa shape index (κ3) is 3.71. The van der Waals surface area contributed by atoms with Gasteiger partial charge in [0.25, 0.3) is 0 Å². The average molecular weight is 290 g/mol. The lowest BCUT2D eigenvalue weighted by molar-refractivity contribution is 0.249. The highest BCUT2D eigenvalue weighted by Crippen LogP contribution is 2.22. The second-order valence-electron chi connectivity index (χ2n) is 4.56. The van der Waals surface area contributed by atoms with Gasteiger partial charge in [0.15, 0.2) is 0 Å². The quantitative estimate of drug-likeness (QED) is 0.899. The Labute approximate surface area is 123 Å². The summed E-state index contributed by atoms with van der Waals surface area (Å²) in [6, 6.07) is 10.6. The van der Waals surface area contributed by atoms with Crippen molar-refractivity contribution in [3.05, 3.63) is 58.9 Å². The monoisotopic (exact) mass is 289 g/mol. The molecule has 1 heterocycles. The fourth-order valence-corrected chi connectivity index (χ4v) is 2.06. The molecule has 0 unspecified atom stereocenters. The minimum atomic E-state index is -0.311. The first-order valence-corrected chi connectivity index (χ1v) is 6.68. The fraction of sp³-hybridized carbons (Fsp3) is 0.200. The van der Waals surface area contributed by atoms with Gasteiger partial charge in [0.1, 0.15) is 0 Å². The van der Waals surface area contributed by atoms with Gasteiger partial charge < -0.3 is 10.6 Å². The first-order chi connectivity index (χ1) is 9.56. The summed E-state index contributed by atoms with van der Waals surface area (Å²) in [4.78, 5) is 16.1. The standard InChI is InChI=1S/C15H16ClN3O/c1-10-6-7-14(12(16)9-10)19-15(20)18-11(2)13-5-3-4-8-17-13/h3-9,11H,1-2H3,(H2,18,19,20)/t11-/m0/s1. The van der Waals surface area contributed by atoms with Crippen molar-refractivity contribution in [3.8, 4) is 0 Å². The molecular formula is C15H16ClN3O. The first-order valence-electron chi connectivity index (χ1n) is 6.31. The number of hydrogen-bond donors (Lipinski definition) is 2. The molecule has 0 fully saturated rings. The maximum atomic E-state index is 11.9. The minimum absolute atomic E-state index is 0.180. The number of aryl methyl sites for hydroxylation is 1. The van der Waals surface area contributed by atoms with Gasteiger partial charge in [0.05, 0.1) is 22.4 Å². The van der Waals surface area contributed by atoms with Crippen molar-refractivity contribution in [1.29, 1.82) is 0 Å². The molecule has 1 atom stereocenters. The number of pyridine rings is 1. The Bertz CT molecular complexity index is 601. The van der Waals surface area contributed by atoms with E-state index in [1.165, 1.54) is 0 Å². The number of aromatic nitrogens is 1. The van der Waals surface area contributed by atoms with Crippen LogP contribution < -0.4 is 10.6 Å². The lowest BCUT2D eigenvalue weighted by Crippen LogP contribution is -2.31. The van der Waals surface area contributed by atoms with Crippen LogP contribution in [0.4, 0.5) is 10.5 Å². The van der Waals surface area contributed by atoms with Crippen LogP contribution in [-0.2, 0) is 0 Å². The van der Waals surface area contributed by atoms with E-state index < -0.39 is 0 Å². The van der Waals surface area contributed by atoms with Crippen LogP contribution >= 0.6 is 11.6 Å². The highest BCUT2D eigenvalue weighted by Gasteiger charge is 2.11. The number of urea groups is 1. The zero-order chi connectivity index (χ0) is 14.5. The molecule has 4 nitrogen and oxygen atoms in total. The maximum Gasteiger partial charge on any atom is 0.319 e. The number of nitrogens with one attached hydrogen (secondary N) is 2. The molecule has 0 saturated heterocycles. The SMILES string of the molecule is Cc1ccc(NC(=O)N[C@@H](C)c2ccccn2)c(Cl)c1. The molecule has 0 bridgehead atoms. The van der Waals surface area contributed by atoms with Crippen LogP contribution in [0.3, 0.4) is 0 Å². The Balaban J connectivity index is 1.99. The summed E-state index contributed by atoms with van der Waals surface area (Å²) in [7, 11) is 0. The number of benzene rings is 1. The van der Waals surface area contributed by atoms with Crippen molar-refractivity contribution >= 4 is 23.3 Å². The molecule has 2 N–H and O–H groups in total. The third-order valence-corrected chi connectivity index (χ3v) is 3.16. The molecule has 2 aromatic rings. The lowest BCUT2D eigenvalue weighted by atomic mass is 10.2. The van der Waals surface area contributed by atoms with E-state index in [1.54, 1.807) is 18.3 Å². The fourth-order valence-electron chi connectivity index (χ4n) is 1.78. The van der Waals surface area contributed by atoms with Crippen LogP contribution in [0.15, 0.2) is 42.6 Å². The van der Waals surface area contributed by atoms with Gasteiger partial charge in [0.2, 0.25) is 0 Å². The Kier molecular flexibility index (Phi) is 4.58. The molecule has 20 heavy (non-hydrogen) atoms. The Morgan fingerprint density at radius 2 is 2.10 bits per heavy atom. The molecule has 0 spiro atoms. The van der Waals surface area contributed by atoms with E-state index in [-0.39, 0.29) is 12.1 Å². The molecule has 0 aliphatic carbocycles. The Morgan fingerprint density at radius 3 is 2.75 bits per heavy atom. The predicted octanol–water partition coefficient (Wildman–Crippen LogP) is 3.93. The van der Waals surface area contributed by atoms with Gasteiger partial charge in [-0.1, -0.05) is 23.7 Å². The average Bonchev–Trinajstić information content (AvgIpc) is 2.43. The molecule has 5 heteroatoms. The van der Waals surface area contributed by atoms with Gasteiger partial charge in [0, 0.05) is 6.20 Å². The molecule has 0 aliphatic rings. The van der Waals surface area contributed by atoms with Crippen molar-refractivity contribution in [2.75, 3.05) is 5.32 Å². The van der Waals surface area contributed by atoms with E-state index in [0.29, 0.717) is 10.7 Å². The molecule has 1 aromatic heterocycles. The van der Waals surface area contributed by atoms with Crippen LogP contribution in [0, 0.1) is 6.92 Å². The Hall–Kier alpha value is -2.07. The number of halogens is 1. The summed E-state index contributed by atoms with van der Waals surface area (Å²) in [5.41, 5.74) is 2.43. The second kappa shape index (κ2) is 6.39. The number of hydrogen-bond acceptors (Lipinski definition) is 2. The lowest BCUT2D eigenvalue weighted by Gasteiger charge is -2.14. The topological polar surface area (TPSA) is 54.0 Å². The van der Waals surface area contributed by atoms with Gasteiger partial charge in [-0.05, 0) is 43.7 Å². The highest BCUT2D eigenvalue weighted by atomic mass is 35.5. The van der Waals surface area contributed by atoms with Gasteiger partial charge in [-0.15, -0.1) is 0 Å². The highest BCUT2D eigenvalue weighted by molar-refractivity contribution is 6.33. The third-order valence-electron chi connectivity index (χ3n) is 2.85. The van der Waals surface area contributed by atoms with Crippen molar-refractivity contribution in [3.63, 3.8) is 0 Å². The molecule has 0 saturated carbocycles. The normalized spacial score (nSPS) is 11.8. The summed E-state index contributed by atoms with van der Waals surface area (Å²) >= 11 is 6.07. The van der Waals surface area contributed by atoms with E-state index >= 15 is 0 Å². The smallest absolute Gasteiger partial charge is 0.319 e. The van der Waals surface area contributed by atoms with Crippen LogP contribution in [0.5, 0.6) is 0 Å². The van der Waals surface area contributed by atoms with Crippen LogP contribution in [0.2, 0.25) is 5.02 Å². The summed E-state index contributed by atoms with van der Waals surface area (Å²) in [6.07, 6.45) is 1.70. The molecule has 0 aliphatic heterocycles.